The Morgan fingerprint density at radius 2 is 2.41 bits per heavy atom. The number of carbonyl (C=O) groups excluding carboxylic acids is 1. The maximum atomic E-state index is 11.1. The zero-order chi connectivity index (χ0) is 12.4. The molecule has 1 atom stereocenters. The average Bonchev–Trinajstić information content (AvgIpc) is 2.63. The molecule has 0 bridgehead atoms. The van der Waals surface area contributed by atoms with Gasteiger partial charge in [-0.1, -0.05) is 0 Å². The molecule has 1 fully saturated rings. The molecular formula is C11H17N3O3. The number of anilines is 1. The first-order valence-electron chi connectivity index (χ1n) is 5.63. The second-order valence-electron chi connectivity index (χ2n) is 4.17. The Morgan fingerprint density at radius 3 is 3.06 bits per heavy atom. The molecule has 0 radical (unpaired) electrons. The van der Waals surface area contributed by atoms with Gasteiger partial charge in [-0.15, -0.1) is 0 Å². The van der Waals surface area contributed by atoms with Crippen molar-refractivity contribution in [2.45, 2.75) is 13.0 Å². The monoisotopic (exact) mass is 239 g/mol. The van der Waals surface area contributed by atoms with Crippen molar-refractivity contribution >= 4 is 12.1 Å². The molecule has 1 aromatic heterocycles. The average molecular weight is 239 g/mol. The van der Waals surface area contributed by atoms with Crippen LogP contribution in [0.4, 0.5) is 5.82 Å². The molecule has 94 valence electrons. The largest absolute Gasteiger partial charge is 0.394 e. The van der Waals surface area contributed by atoms with Crippen molar-refractivity contribution in [3.63, 3.8) is 0 Å². The molecule has 0 aliphatic carbocycles. The Bertz CT molecular complexity index is 416. The molecule has 1 aliphatic rings. The van der Waals surface area contributed by atoms with Crippen LogP contribution in [-0.4, -0.2) is 53.6 Å². The number of carbonyl (C=O) groups is 1. The van der Waals surface area contributed by atoms with Crippen LogP contribution in [0, 0.1) is 6.92 Å². The van der Waals surface area contributed by atoms with Crippen LogP contribution in [0.15, 0.2) is 0 Å². The molecule has 1 unspecified atom stereocenters. The van der Waals surface area contributed by atoms with Crippen LogP contribution < -0.4 is 4.90 Å². The third kappa shape index (κ3) is 2.05. The van der Waals surface area contributed by atoms with Crippen LogP contribution in [0.25, 0.3) is 0 Å². The van der Waals surface area contributed by atoms with Crippen molar-refractivity contribution in [3.05, 3.63) is 11.3 Å². The van der Waals surface area contributed by atoms with Gasteiger partial charge in [-0.25, -0.2) is 0 Å². The van der Waals surface area contributed by atoms with Crippen LogP contribution in [0.2, 0.25) is 0 Å². The maximum Gasteiger partial charge on any atom is 0.155 e. The first kappa shape index (κ1) is 12.1. The summed E-state index contributed by atoms with van der Waals surface area (Å²) in [7, 11) is 1.80. The van der Waals surface area contributed by atoms with Gasteiger partial charge in [0.15, 0.2) is 6.29 Å². The van der Waals surface area contributed by atoms with Crippen molar-refractivity contribution in [3.8, 4) is 0 Å². The lowest BCUT2D eigenvalue weighted by Gasteiger charge is -2.36. The number of rotatable bonds is 3. The van der Waals surface area contributed by atoms with E-state index in [0.29, 0.717) is 31.0 Å². The van der Waals surface area contributed by atoms with Crippen LogP contribution in [0.3, 0.4) is 0 Å². The summed E-state index contributed by atoms with van der Waals surface area (Å²) in [5, 5.41) is 13.6. The fourth-order valence-electron chi connectivity index (χ4n) is 2.23. The van der Waals surface area contributed by atoms with E-state index in [2.05, 4.69) is 5.10 Å². The Kier molecular flexibility index (Phi) is 3.44. The molecule has 0 spiro atoms. The van der Waals surface area contributed by atoms with E-state index < -0.39 is 0 Å². The second-order valence-corrected chi connectivity index (χ2v) is 4.17. The highest BCUT2D eigenvalue weighted by molar-refractivity contribution is 5.85. The van der Waals surface area contributed by atoms with E-state index in [1.54, 1.807) is 11.7 Å². The minimum absolute atomic E-state index is 0.00250. The predicted molar refractivity (Wildman–Crippen MR) is 62.4 cm³/mol. The molecule has 2 rings (SSSR count). The minimum Gasteiger partial charge on any atom is -0.394 e. The second kappa shape index (κ2) is 4.85. The van der Waals surface area contributed by atoms with E-state index in [1.807, 2.05) is 11.8 Å². The Morgan fingerprint density at radius 1 is 1.65 bits per heavy atom. The summed E-state index contributed by atoms with van der Waals surface area (Å²) in [6, 6.07) is -0.114. The van der Waals surface area contributed by atoms with Crippen molar-refractivity contribution in [2.75, 3.05) is 31.3 Å². The smallest absolute Gasteiger partial charge is 0.155 e. The van der Waals surface area contributed by atoms with E-state index >= 15 is 0 Å². The van der Waals surface area contributed by atoms with Gasteiger partial charge < -0.3 is 14.7 Å². The third-order valence-electron chi connectivity index (χ3n) is 3.07. The number of hydrogen-bond donors (Lipinski definition) is 1. The predicted octanol–water partition coefficient (Wildman–Crippen LogP) is -0.261. The Labute approximate surface area is 99.8 Å². The lowest BCUT2D eigenvalue weighted by atomic mass is 10.2. The highest BCUT2D eigenvalue weighted by atomic mass is 16.5. The van der Waals surface area contributed by atoms with Gasteiger partial charge in [-0.05, 0) is 6.92 Å². The molecule has 6 heteroatoms. The highest BCUT2D eigenvalue weighted by Gasteiger charge is 2.28. The third-order valence-corrected chi connectivity index (χ3v) is 3.07. The molecule has 0 saturated carbocycles. The summed E-state index contributed by atoms with van der Waals surface area (Å²) < 4.78 is 7.01. The van der Waals surface area contributed by atoms with Crippen LogP contribution in [-0.2, 0) is 11.8 Å². The van der Waals surface area contributed by atoms with Gasteiger partial charge in [-0.3, -0.25) is 9.48 Å². The number of aromatic nitrogens is 2. The van der Waals surface area contributed by atoms with Crippen molar-refractivity contribution in [1.29, 1.82) is 0 Å². The minimum atomic E-state index is -0.114. The molecule has 2 heterocycles. The lowest BCUT2D eigenvalue weighted by molar-refractivity contribution is 0.0717. The number of aliphatic hydroxyl groups excluding tert-OH is 1. The molecule has 1 aromatic rings. The maximum absolute atomic E-state index is 11.1. The molecule has 1 aliphatic heterocycles. The number of ether oxygens (including phenoxy) is 1. The number of aldehydes is 1. The summed E-state index contributed by atoms with van der Waals surface area (Å²) in [5.41, 5.74) is 1.30. The Hall–Kier alpha value is -1.40. The molecule has 1 N–H and O–H groups in total. The topological polar surface area (TPSA) is 67.6 Å². The summed E-state index contributed by atoms with van der Waals surface area (Å²) in [5.74, 6) is 0.764. The lowest BCUT2D eigenvalue weighted by Crippen LogP contribution is -2.48. The standard InChI is InChI=1S/C11H17N3O3/c1-8-10(6-16)11(13(2)12-8)14-3-4-17-7-9(14)5-15/h6,9,15H,3-5,7H2,1-2H3. The van der Waals surface area contributed by atoms with Crippen LogP contribution in [0.5, 0.6) is 0 Å². The van der Waals surface area contributed by atoms with Gasteiger partial charge in [0.1, 0.15) is 5.82 Å². The van der Waals surface area contributed by atoms with E-state index in [-0.39, 0.29) is 12.6 Å². The number of hydrogen-bond acceptors (Lipinski definition) is 5. The number of nitrogens with zero attached hydrogens (tertiary/aromatic N) is 3. The van der Waals surface area contributed by atoms with Gasteiger partial charge in [0.05, 0.1) is 37.1 Å². The number of morpholine rings is 1. The molecule has 0 amide bonds. The van der Waals surface area contributed by atoms with Crippen molar-refractivity contribution < 1.29 is 14.6 Å². The van der Waals surface area contributed by atoms with Gasteiger partial charge in [0.2, 0.25) is 0 Å². The molecule has 0 aromatic carbocycles. The van der Waals surface area contributed by atoms with Crippen LogP contribution in [0.1, 0.15) is 16.1 Å². The fraction of sp³-hybridized carbons (Fsp3) is 0.636. The first-order chi connectivity index (χ1) is 8.19. The summed E-state index contributed by atoms with van der Waals surface area (Å²) in [6.07, 6.45) is 0.821. The van der Waals surface area contributed by atoms with Gasteiger partial charge >= 0.3 is 0 Å². The van der Waals surface area contributed by atoms with Gasteiger partial charge in [0.25, 0.3) is 0 Å². The summed E-state index contributed by atoms with van der Waals surface area (Å²) in [4.78, 5) is 13.1. The highest BCUT2D eigenvalue weighted by Crippen LogP contribution is 2.24. The molecular weight excluding hydrogens is 222 g/mol. The number of aliphatic hydroxyl groups is 1. The van der Waals surface area contributed by atoms with Gasteiger partial charge in [0, 0.05) is 13.6 Å². The quantitative estimate of drug-likeness (QED) is 0.736. The van der Waals surface area contributed by atoms with E-state index in [0.717, 1.165) is 12.1 Å². The molecule has 17 heavy (non-hydrogen) atoms. The molecule has 1 saturated heterocycles. The zero-order valence-corrected chi connectivity index (χ0v) is 10.1. The fourth-order valence-corrected chi connectivity index (χ4v) is 2.23. The van der Waals surface area contributed by atoms with Crippen molar-refractivity contribution in [1.82, 2.24) is 9.78 Å². The Balaban J connectivity index is 2.40. The number of aryl methyl sites for hydroxylation is 2. The van der Waals surface area contributed by atoms with E-state index in [1.165, 1.54) is 0 Å². The normalized spacial score (nSPS) is 20.6. The zero-order valence-electron chi connectivity index (χ0n) is 10.1. The van der Waals surface area contributed by atoms with Gasteiger partial charge in [-0.2, -0.15) is 5.10 Å². The van der Waals surface area contributed by atoms with E-state index in [9.17, 15) is 9.90 Å². The van der Waals surface area contributed by atoms with E-state index in [4.69, 9.17) is 4.74 Å². The molecule has 6 nitrogen and oxygen atoms in total. The van der Waals surface area contributed by atoms with Crippen LogP contribution >= 0.6 is 0 Å². The van der Waals surface area contributed by atoms with Crippen molar-refractivity contribution in [2.24, 2.45) is 7.05 Å². The first-order valence-corrected chi connectivity index (χ1v) is 5.63. The summed E-state index contributed by atoms with van der Waals surface area (Å²) >= 11 is 0. The SMILES string of the molecule is Cc1nn(C)c(N2CCOCC2CO)c1C=O. The summed E-state index contributed by atoms with van der Waals surface area (Å²) in [6.45, 7) is 3.53.